The van der Waals surface area contributed by atoms with E-state index in [1.54, 1.807) is 0 Å². The summed E-state index contributed by atoms with van der Waals surface area (Å²) < 4.78 is 5.33. The largest absolute Gasteiger partial charge is 0.361 e. The normalized spacial score (nSPS) is 41.3. The van der Waals surface area contributed by atoms with E-state index in [-0.39, 0.29) is 5.41 Å². The molecular formula is C7H15NO. The molecule has 9 heavy (non-hydrogen) atoms. The fraction of sp³-hybridized carbons (Fsp3) is 1.00. The van der Waals surface area contributed by atoms with E-state index in [0.717, 1.165) is 13.0 Å². The van der Waals surface area contributed by atoms with Crippen LogP contribution in [0.5, 0.6) is 0 Å². The fourth-order valence-electron chi connectivity index (χ4n) is 0.962. The van der Waals surface area contributed by atoms with Crippen LogP contribution in [0.3, 0.4) is 0 Å². The lowest BCUT2D eigenvalue weighted by molar-refractivity contribution is -0.0293. The van der Waals surface area contributed by atoms with Gasteiger partial charge in [0.05, 0.1) is 0 Å². The minimum absolute atomic E-state index is 0.146. The molecule has 0 spiro atoms. The zero-order chi connectivity index (χ0) is 7.12. The highest BCUT2D eigenvalue weighted by atomic mass is 16.5. The summed E-state index contributed by atoms with van der Waals surface area (Å²) in [6.45, 7) is 7.03. The Labute approximate surface area is 56.4 Å². The molecule has 0 bridgehead atoms. The Morgan fingerprint density at radius 3 is 2.00 bits per heavy atom. The van der Waals surface area contributed by atoms with Crippen LogP contribution in [-0.4, -0.2) is 12.3 Å². The van der Waals surface area contributed by atoms with Gasteiger partial charge in [0.2, 0.25) is 0 Å². The zero-order valence-corrected chi connectivity index (χ0v) is 6.40. The summed E-state index contributed by atoms with van der Waals surface area (Å²) >= 11 is 0. The van der Waals surface area contributed by atoms with Gasteiger partial charge in [0.1, 0.15) is 5.72 Å². The maximum Gasteiger partial charge on any atom is 0.119 e. The average molecular weight is 129 g/mol. The summed E-state index contributed by atoms with van der Waals surface area (Å²) in [4.78, 5) is 0. The van der Waals surface area contributed by atoms with E-state index in [1.807, 2.05) is 6.92 Å². The molecule has 1 rings (SSSR count). The Bertz CT molecular complexity index is 104. The van der Waals surface area contributed by atoms with Gasteiger partial charge >= 0.3 is 0 Å². The molecule has 0 amide bonds. The first-order valence-electron chi connectivity index (χ1n) is 3.39. The Hall–Kier alpha value is -0.0800. The van der Waals surface area contributed by atoms with Crippen LogP contribution in [0.15, 0.2) is 0 Å². The van der Waals surface area contributed by atoms with E-state index in [4.69, 9.17) is 10.5 Å². The molecule has 0 aromatic carbocycles. The summed E-state index contributed by atoms with van der Waals surface area (Å²) in [6, 6.07) is 0. The van der Waals surface area contributed by atoms with Gasteiger partial charge < -0.3 is 10.5 Å². The van der Waals surface area contributed by atoms with Crippen LogP contribution >= 0.6 is 0 Å². The molecule has 2 heteroatoms. The van der Waals surface area contributed by atoms with Crippen molar-refractivity contribution in [1.82, 2.24) is 0 Å². The van der Waals surface area contributed by atoms with Gasteiger partial charge in [-0.15, -0.1) is 0 Å². The van der Waals surface area contributed by atoms with Gasteiger partial charge in [-0.2, -0.15) is 0 Å². The Balaban J connectivity index is 2.75. The first-order valence-corrected chi connectivity index (χ1v) is 3.39. The molecule has 0 aromatic heterocycles. The molecule has 0 radical (unpaired) electrons. The highest BCUT2D eigenvalue weighted by Crippen LogP contribution is 2.38. The zero-order valence-electron chi connectivity index (χ0n) is 6.40. The number of nitrogens with two attached hydrogens (primary N) is 1. The predicted molar refractivity (Wildman–Crippen MR) is 36.9 cm³/mol. The average Bonchev–Trinajstić information content (AvgIpc) is 1.81. The van der Waals surface area contributed by atoms with Gasteiger partial charge in [-0.25, -0.2) is 0 Å². The van der Waals surface area contributed by atoms with Crippen molar-refractivity contribution in [3.8, 4) is 0 Å². The van der Waals surface area contributed by atoms with Crippen LogP contribution in [0.2, 0.25) is 0 Å². The van der Waals surface area contributed by atoms with E-state index >= 15 is 0 Å². The lowest BCUT2D eigenvalue weighted by Gasteiger charge is -2.32. The molecule has 1 unspecified atom stereocenters. The molecule has 0 aromatic rings. The topological polar surface area (TPSA) is 35.2 Å². The van der Waals surface area contributed by atoms with Crippen molar-refractivity contribution >= 4 is 0 Å². The maximum atomic E-state index is 5.83. The molecule has 1 heterocycles. The third-order valence-corrected chi connectivity index (χ3v) is 2.47. The SMILES string of the molecule is CC1(C)CCOC1(C)N. The van der Waals surface area contributed by atoms with Crippen molar-refractivity contribution < 1.29 is 4.74 Å². The van der Waals surface area contributed by atoms with Gasteiger partial charge in [0, 0.05) is 12.0 Å². The molecule has 1 fully saturated rings. The molecule has 54 valence electrons. The lowest BCUT2D eigenvalue weighted by Crippen LogP contribution is -2.47. The standard InChI is InChI=1S/C7H15NO/c1-6(2)4-5-9-7(6,3)8/h4-5,8H2,1-3H3. The van der Waals surface area contributed by atoms with Crippen LogP contribution in [0, 0.1) is 5.41 Å². The molecule has 1 atom stereocenters. The van der Waals surface area contributed by atoms with E-state index in [1.165, 1.54) is 0 Å². The van der Waals surface area contributed by atoms with E-state index < -0.39 is 5.72 Å². The first-order chi connectivity index (χ1) is 3.96. The van der Waals surface area contributed by atoms with E-state index in [9.17, 15) is 0 Å². The number of ether oxygens (including phenoxy) is 1. The van der Waals surface area contributed by atoms with Gasteiger partial charge in [0.25, 0.3) is 0 Å². The van der Waals surface area contributed by atoms with Crippen LogP contribution in [0.4, 0.5) is 0 Å². The second-order valence-corrected chi connectivity index (χ2v) is 3.59. The summed E-state index contributed by atoms with van der Waals surface area (Å²) in [5, 5.41) is 0. The molecule has 0 aliphatic carbocycles. The third kappa shape index (κ3) is 0.970. The van der Waals surface area contributed by atoms with E-state index in [0.29, 0.717) is 0 Å². The third-order valence-electron chi connectivity index (χ3n) is 2.47. The first kappa shape index (κ1) is 7.03. The summed E-state index contributed by atoms with van der Waals surface area (Å²) in [7, 11) is 0. The Kier molecular flexibility index (Phi) is 1.33. The van der Waals surface area contributed by atoms with Gasteiger partial charge in [0.15, 0.2) is 0 Å². The minimum atomic E-state index is -0.410. The van der Waals surface area contributed by atoms with Crippen LogP contribution < -0.4 is 5.73 Å². The molecule has 2 N–H and O–H groups in total. The second kappa shape index (κ2) is 1.70. The van der Waals surface area contributed by atoms with Crippen molar-refractivity contribution in [2.75, 3.05) is 6.61 Å². The number of hydrogen-bond acceptors (Lipinski definition) is 2. The van der Waals surface area contributed by atoms with Crippen molar-refractivity contribution in [3.63, 3.8) is 0 Å². The van der Waals surface area contributed by atoms with Crippen LogP contribution in [0.1, 0.15) is 27.2 Å². The second-order valence-electron chi connectivity index (χ2n) is 3.59. The molecule has 0 saturated carbocycles. The summed E-state index contributed by atoms with van der Waals surface area (Å²) in [5.74, 6) is 0. The highest BCUT2D eigenvalue weighted by molar-refractivity contribution is 4.90. The molecule has 1 aliphatic rings. The summed E-state index contributed by atoms with van der Waals surface area (Å²) in [6.07, 6.45) is 1.07. The van der Waals surface area contributed by atoms with Crippen LogP contribution in [-0.2, 0) is 4.74 Å². The fourth-order valence-corrected chi connectivity index (χ4v) is 0.962. The van der Waals surface area contributed by atoms with Crippen molar-refractivity contribution in [2.45, 2.75) is 32.9 Å². The molecule has 1 saturated heterocycles. The van der Waals surface area contributed by atoms with Gasteiger partial charge in [-0.1, -0.05) is 13.8 Å². The number of rotatable bonds is 0. The van der Waals surface area contributed by atoms with Crippen molar-refractivity contribution in [1.29, 1.82) is 0 Å². The van der Waals surface area contributed by atoms with Gasteiger partial charge in [-0.05, 0) is 13.3 Å². The monoisotopic (exact) mass is 129 g/mol. The Morgan fingerprint density at radius 2 is 1.89 bits per heavy atom. The predicted octanol–water partition coefficient (Wildman–Crippen LogP) is 1.11. The number of hydrogen-bond donors (Lipinski definition) is 1. The minimum Gasteiger partial charge on any atom is -0.361 e. The highest BCUT2D eigenvalue weighted by Gasteiger charge is 2.43. The summed E-state index contributed by atoms with van der Waals surface area (Å²) in [5.41, 5.74) is 5.57. The maximum absolute atomic E-state index is 5.83. The quantitative estimate of drug-likeness (QED) is 0.531. The van der Waals surface area contributed by atoms with Crippen LogP contribution in [0.25, 0.3) is 0 Å². The van der Waals surface area contributed by atoms with Crippen molar-refractivity contribution in [2.24, 2.45) is 11.1 Å². The van der Waals surface area contributed by atoms with Crippen molar-refractivity contribution in [3.05, 3.63) is 0 Å². The Morgan fingerprint density at radius 1 is 1.33 bits per heavy atom. The lowest BCUT2D eigenvalue weighted by atomic mass is 9.82. The molecular weight excluding hydrogens is 114 g/mol. The molecule has 1 aliphatic heterocycles. The van der Waals surface area contributed by atoms with E-state index in [2.05, 4.69) is 13.8 Å². The smallest absolute Gasteiger partial charge is 0.119 e. The van der Waals surface area contributed by atoms with Gasteiger partial charge in [-0.3, -0.25) is 0 Å². The molecule has 2 nitrogen and oxygen atoms in total.